The lowest BCUT2D eigenvalue weighted by Crippen LogP contribution is -2.25. The second-order valence-corrected chi connectivity index (χ2v) is 6.00. The molecule has 2 heterocycles. The Hall–Kier alpha value is -1.36. The van der Waals surface area contributed by atoms with Crippen molar-refractivity contribution in [2.75, 3.05) is 23.4 Å². The van der Waals surface area contributed by atoms with Crippen LogP contribution in [0, 0.1) is 11.8 Å². The lowest BCUT2D eigenvalue weighted by molar-refractivity contribution is 0.422. The van der Waals surface area contributed by atoms with Gasteiger partial charge in [-0.2, -0.15) is 0 Å². The van der Waals surface area contributed by atoms with E-state index in [-0.39, 0.29) is 0 Å². The van der Waals surface area contributed by atoms with E-state index >= 15 is 0 Å². The number of hydrogen-bond donors (Lipinski definition) is 2. The molecule has 1 saturated heterocycles. The molecule has 1 aromatic rings. The summed E-state index contributed by atoms with van der Waals surface area (Å²) in [5.74, 6) is 9.18. The maximum Gasteiger partial charge on any atom is 0.148 e. The van der Waals surface area contributed by atoms with Gasteiger partial charge in [-0.15, -0.1) is 0 Å². The first-order chi connectivity index (χ1) is 9.04. The highest BCUT2D eigenvalue weighted by molar-refractivity contribution is 5.60. The van der Waals surface area contributed by atoms with E-state index in [1.165, 1.54) is 6.42 Å². The lowest BCUT2D eigenvalue weighted by atomic mass is 9.95. The third-order valence-corrected chi connectivity index (χ3v) is 4.04. The Labute approximate surface area is 115 Å². The van der Waals surface area contributed by atoms with Gasteiger partial charge < -0.3 is 10.3 Å². The quantitative estimate of drug-likeness (QED) is 0.645. The highest BCUT2D eigenvalue weighted by atomic mass is 15.3. The molecular weight excluding hydrogens is 238 g/mol. The van der Waals surface area contributed by atoms with Gasteiger partial charge in [0, 0.05) is 18.7 Å². The van der Waals surface area contributed by atoms with Crippen LogP contribution in [0.15, 0.2) is 6.33 Å². The molecule has 0 spiro atoms. The molecule has 0 amide bonds. The first-order valence-electron chi connectivity index (χ1n) is 7.11. The number of nitrogen functional groups attached to an aromatic ring is 1. The van der Waals surface area contributed by atoms with Crippen LogP contribution in [0.25, 0.3) is 0 Å². The SMILES string of the molecule is CC(C)c1c(NN)ncnc1N1CCC(C(C)C)C1. The average Bonchev–Trinajstić information content (AvgIpc) is 2.87. The van der Waals surface area contributed by atoms with E-state index in [0.717, 1.165) is 42.1 Å². The molecule has 1 aliphatic heterocycles. The van der Waals surface area contributed by atoms with E-state index in [4.69, 9.17) is 5.84 Å². The predicted octanol–water partition coefficient (Wildman–Crippen LogP) is 2.37. The van der Waals surface area contributed by atoms with Crippen LogP contribution in [-0.4, -0.2) is 23.1 Å². The summed E-state index contributed by atoms with van der Waals surface area (Å²) < 4.78 is 0. The minimum absolute atomic E-state index is 0.348. The highest BCUT2D eigenvalue weighted by Gasteiger charge is 2.28. The Morgan fingerprint density at radius 3 is 2.58 bits per heavy atom. The van der Waals surface area contributed by atoms with Gasteiger partial charge in [0.05, 0.1) is 0 Å². The molecule has 1 unspecified atom stereocenters. The number of rotatable bonds is 4. The highest BCUT2D eigenvalue weighted by Crippen LogP contribution is 2.34. The lowest BCUT2D eigenvalue weighted by Gasteiger charge is -2.24. The number of aromatic nitrogens is 2. The smallest absolute Gasteiger partial charge is 0.148 e. The molecule has 3 N–H and O–H groups in total. The third-order valence-electron chi connectivity index (χ3n) is 4.04. The molecular formula is C14H25N5. The van der Waals surface area contributed by atoms with Crippen LogP contribution in [0.4, 0.5) is 11.6 Å². The Kier molecular flexibility index (Phi) is 4.24. The predicted molar refractivity (Wildman–Crippen MR) is 79.1 cm³/mol. The summed E-state index contributed by atoms with van der Waals surface area (Å²) in [5.41, 5.74) is 3.82. The van der Waals surface area contributed by atoms with Gasteiger partial charge in [0.15, 0.2) is 0 Å². The number of hydrogen-bond acceptors (Lipinski definition) is 5. The molecule has 1 aliphatic rings. The molecule has 1 fully saturated rings. The van der Waals surface area contributed by atoms with Gasteiger partial charge >= 0.3 is 0 Å². The van der Waals surface area contributed by atoms with Gasteiger partial charge in [0.1, 0.15) is 18.0 Å². The van der Waals surface area contributed by atoms with E-state index in [2.05, 4.69) is 48.0 Å². The van der Waals surface area contributed by atoms with Crippen LogP contribution < -0.4 is 16.2 Å². The van der Waals surface area contributed by atoms with E-state index in [1.54, 1.807) is 6.33 Å². The van der Waals surface area contributed by atoms with E-state index in [9.17, 15) is 0 Å². The van der Waals surface area contributed by atoms with Gasteiger partial charge in [-0.1, -0.05) is 27.7 Å². The number of hydrazine groups is 1. The van der Waals surface area contributed by atoms with Crippen LogP contribution >= 0.6 is 0 Å². The number of nitrogens with zero attached hydrogens (tertiary/aromatic N) is 3. The summed E-state index contributed by atoms with van der Waals surface area (Å²) in [5, 5.41) is 0. The summed E-state index contributed by atoms with van der Waals surface area (Å²) in [6.07, 6.45) is 2.84. The normalized spacial score (nSPS) is 19.5. The van der Waals surface area contributed by atoms with Crippen LogP contribution in [-0.2, 0) is 0 Å². The Bertz CT molecular complexity index is 430. The molecule has 1 aromatic heterocycles. The fourth-order valence-electron chi connectivity index (χ4n) is 2.81. The molecule has 0 aliphatic carbocycles. The zero-order valence-corrected chi connectivity index (χ0v) is 12.3. The molecule has 5 heteroatoms. The Morgan fingerprint density at radius 1 is 1.32 bits per heavy atom. The van der Waals surface area contributed by atoms with Gasteiger partial charge in [-0.25, -0.2) is 15.8 Å². The van der Waals surface area contributed by atoms with Crippen molar-refractivity contribution < 1.29 is 0 Å². The summed E-state index contributed by atoms with van der Waals surface area (Å²) in [7, 11) is 0. The van der Waals surface area contributed by atoms with E-state index in [1.807, 2.05) is 0 Å². The van der Waals surface area contributed by atoms with Gasteiger partial charge in [0.25, 0.3) is 0 Å². The van der Waals surface area contributed by atoms with Crippen LogP contribution in [0.2, 0.25) is 0 Å². The van der Waals surface area contributed by atoms with Gasteiger partial charge in [0.2, 0.25) is 0 Å². The monoisotopic (exact) mass is 263 g/mol. The van der Waals surface area contributed by atoms with Crippen molar-refractivity contribution in [2.45, 2.75) is 40.0 Å². The first-order valence-corrected chi connectivity index (χ1v) is 7.11. The molecule has 0 radical (unpaired) electrons. The summed E-state index contributed by atoms with van der Waals surface area (Å²) in [6.45, 7) is 11.1. The molecule has 106 valence electrons. The minimum Gasteiger partial charge on any atom is -0.356 e. The topological polar surface area (TPSA) is 67.1 Å². The van der Waals surface area contributed by atoms with Crippen LogP contribution in [0.1, 0.15) is 45.6 Å². The van der Waals surface area contributed by atoms with Gasteiger partial charge in [-0.3, -0.25) is 0 Å². The molecule has 2 rings (SSSR count). The van der Waals surface area contributed by atoms with Crippen LogP contribution in [0.5, 0.6) is 0 Å². The Balaban J connectivity index is 2.30. The summed E-state index contributed by atoms with van der Waals surface area (Å²) in [4.78, 5) is 11.1. The van der Waals surface area contributed by atoms with Crippen molar-refractivity contribution in [1.82, 2.24) is 9.97 Å². The van der Waals surface area contributed by atoms with Gasteiger partial charge in [-0.05, 0) is 24.2 Å². The van der Waals surface area contributed by atoms with Crippen molar-refractivity contribution in [3.8, 4) is 0 Å². The molecule has 0 bridgehead atoms. The fraction of sp³-hybridized carbons (Fsp3) is 0.714. The van der Waals surface area contributed by atoms with Crippen molar-refractivity contribution in [2.24, 2.45) is 17.7 Å². The molecule has 0 aromatic carbocycles. The van der Waals surface area contributed by atoms with Crippen molar-refractivity contribution in [3.63, 3.8) is 0 Å². The van der Waals surface area contributed by atoms with E-state index < -0.39 is 0 Å². The average molecular weight is 263 g/mol. The zero-order valence-electron chi connectivity index (χ0n) is 12.3. The molecule has 19 heavy (non-hydrogen) atoms. The van der Waals surface area contributed by atoms with Crippen molar-refractivity contribution in [3.05, 3.63) is 11.9 Å². The van der Waals surface area contributed by atoms with E-state index in [0.29, 0.717) is 5.92 Å². The minimum atomic E-state index is 0.348. The van der Waals surface area contributed by atoms with Crippen LogP contribution in [0.3, 0.4) is 0 Å². The molecule has 5 nitrogen and oxygen atoms in total. The first kappa shape index (κ1) is 14.1. The second-order valence-electron chi connectivity index (χ2n) is 6.00. The maximum atomic E-state index is 5.57. The summed E-state index contributed by atoms with van der Waals surface area (Å²) >= 11 is 0. The number of nitrogens with two attached hydrogens (primary N) is 1. The number of anilines is 2. The largest absolute Gasteiger partial charge is 0.356 e. The van der Waals surface area contributed by atoms with Crippen molar-refractivity contribution in [1.29, 1.82) is 0 Å². The molecule has 0 saturated carbocycles. The third kappa shape index (κ3) is 2.81. The van der Waals surface area contributed by atoms with Crippen molar-refractivity contribution >= 4 is 11.6 Å². The Morgan fingerprint density at radius 2 is 2.05 bits per heavy atom. The summed E-state index contributed by atoms with van der Waals surface area (Å²) in [6, 6.07) is 0. The molecule has 1 atom stereocenters. The maximum absolute atomic E-state index is 5.57. The fourth-order valence-corrected chi connectivity index (χ4v) is 2.81. The standard InChI is InChI=1S/C14H25N5/c1-9(2)11-5-6-19(7-11)14-12(10(3)4)13(18-15)16-8-17-14/h8-11H,5-7,15H2,1-4H3,(H,16,17,18). The number of nitrogens with one attached hydrogen (secondary N) is 1. The zero-order chi connectivity index (χ0) is 14.0. The second kappa shape index (κ2) is 5.74.